The first kappa shape index (κ1) is 8.09. The number of halogens is 2. The Morgan fingerprint density at radius 1 is 1.42 bits per heavy atom. The topological polar surface area (TPSA) is 12.4 Å². The van der Waals surface area contributed by atoms with Crippen molar-refractivity contribution in [1.29, 1.82) is 0 Å². The van der Waals surface area contributed by atoms with Crippen molar-refractivity contribution in [3.63, 3.8) is 0 Å². The first-order chi connectivity index (χ1) is 5.75. The molecule has 0 spiro atoms. The van der Waals surface area contributed by atoms with Crippen LogP contribution in [0.15, 0.2) is 23.2 Å². The van der Waals surface area contributed by atoms with Gasteiger partial charge in [0.25, 0.3) is 0 Å². The molecule has 1 heterocycles. The molecule has 1 nitrogen and oxygen atoms in total. The van der Waals surface area contributed by atoms with Crippen molar-refractivity contribution in [3.8, 4) is 0 Å². The van der Waals surface area contributed by atoms with Gasteiger partial charge in [0, 0.05) is 11.4 Å². The Balaban J connectivity index is 2.71. The smallest absolute Gasteiger partial charge is 0.128 e. The van der Waals surface area contributed by atoms with Crippen LogP contribution < -0.4 is 10.6 Å². The number of benzene rings is 1. The van der Waals surface area contributed by atoms with E-state index in [9.17, 15) is 0 Å². The first-order valence-corrected chi connectivity index (χ1v) is 4.55. The minimum atomic E-state index is -0.112. The van der Waals surface area contributed by atoms with Gasteiger partial charge in [-0.1, -0.05) is 29.3 Å². The molecule has 1 aliphatic rings. The molecule has 1 unspecified atom stereocenters. The molecular weight excluding hydrogens is 193 g/mol. The molecule has 0 saturated heterocycles. The second-order valence-electron chi connectivity index (χ2n) is 2.71. The molecule has 0 aliphatic carbocycles. The number of hydrogen-bond acceptors (Lipinski definition) is 1. The molecule has 62 valence electrons. The van der Waals surface area contributed by atoms with E-state index in [1.54, 1.807) is 0 Å². The summed E-state index contributed by atoms with van der Waals surface area (Å²) < 4.78 is 0. The number of alkyl halides is 1. The Kier molecular flexibility index (Phi) is 2.07. The standard InChI is InChI=1S/C9H7Cl2N/c10-7-2-3-8-6(5-7)1-4-9(11)12-8/h1-3,5,9H,4H2. The van der Waals surface area contributed by atoms with E-state index in [1.165, 1.54) is 0 Å². The average molecular weight is 200 g/mol. The highest BCUT2D eigenvalue weighted by atomic mass is 35.5. The van der Waals surface area contributed by atoms with Crippen LogP contribution in [0.3, 0.4) is 0 Å². The second-order valence-corrected chi connectivity index (χ2v) is 3.65. The molecular formula is C9H7Cl2N. The second kappa shape index (κ2) is 3.08. The summed E-state index contributed by atoms with van der Waals surface area (Å²) in [5.74, 6) is 0. The fraction of sp³-hybridized carbons (Fsp3) is 0.222. The number of nitrogens with zero attached hydrogens (tertiary/aromatic N) is 1. The minimum absolute atomic E-state index is 0.112. The molecule has 0 saturated carbocycles. The van der Waals surface area contributed by atoms with Gasteiger partial charge in [-0.3, -0.25) is 4.99 Å². The lowest BCUT2D eigenvalue weighted by atomic mass is 10.2. The largest absolute Gasteiger partial charge is 0.265 e. The molecule has 2 rings (SSSR count). The summed E-state index contributed by atoms with van der Waals surface area (Å²) >= 11 is 11.7. The highest BCUT2D eigenvalue weighted by Crippen LogP contribution is 2.07. The summed E-state index contributed by atoms with van der Waals surface area (Å²) in [6.07, 6.45) is 2.85. The fourth-order valence-electron chi connectivity index (χ4n) is 1.23. The van der Waals surface area contributed by atoms with Crippen molar-refractivity contribution in [2.75, 3.05) is 0 Å². The van der Waals surface area contributed by atoms with Gasteiger partial charge < -0.3 is 0 Å². The van der Waals surface area contributed by atoms with E-state index in [0.29, 0.717) is 0 Å². The van der Waals surface area contributed by atoms with Gasteiger partial charge in [-0.15, -0.1) is 0 Å². The zero-order chi connectivity index (χ0) is 8.55. The van der Waals surface area contributed by atoms with E-state index in [4.69, 9.17) is 23.2 Å². The van der Waals surface area contributed by atoms with Crippen molar-refractivity contribution in [2.45, 2.75) is 11.9 Å². The normalized spacial score (nSPS) is 20.7. The van der Waals surface area contributed by atoms with E-state index in [0.717, 1.165) is 22.0 Å². The molecule has 1 aliphatic heterocycles. The quantitative estimate of drug-likeness (QED) is 0.446. The van der Waals surface area contributed by atoms with Gasteiger partial charge in [0.05, 0.1) is 5.36 Å². The molecule has 1 aromatic rings. The number of rotatable bonds is 0. The van der Waals surface area contributed by atoms with Crippen molar-refractivity contribution < 1.29 is 0 Å². The molecule has 1 atom stereocenters. The van der Waals surface area contributed by atoms with Gasteiger partial charge in [0.15, 0.2) is 0 Å². The number of fused-ring (bicyclic) bond motifs is 1. The summed E-state index contributed by atoms with van der Waals surface area (Å²) in [6, 6.07) is 5.62. The van der Waals surface area contributed by atoms with Crippen LogP contribution in [0.2, 0.25) is 5.02 Å². The summed E-state index contributed by atoms with van der Waals surface area (Å²) in [7, 11) is 0. The summed E-state index contributed by atoms with van der Waals surface area (Å²) in [5, 5.41) is 2.76. The molecule has 0 aromatic heterocycles. The predicted molar refractivity (Wildman–Crippen MR) is 51.0 cm³/mol. The predicted octanol–water partition coefficient (Wildman–Crippen LogP) is 1.71. The third-order valence-corrected chi connectivity index (χ3v) is 2.31. The Morgan fingerprint density at radius 3 is 3.08 bits per heavy atom. The van der Waals surface area contributed by atoms with E-state index in [-0.39, 0.29) is 5.50 Å². The maximum Gasteiger partial charge on any atom is 0.128 e. The third kappa shape index (κ3) is 1.47. The van der Waals surface area contributed by atoms with Crippen molar-refractivity contribution in [3.05, 3.63) is 33.8 Å². The summed E-state index contributed by atoms with van der Waals surface area (Å²) in [6.45, 7) is 0. The van der Waals surface area contributed by atoms with Crippen LogP contribution in [-0.4, -0.2) is 5.50 Å². The van der Waals surface area contributed by atoms with Gasteiger partial charge in [-0.2, -0.15) is 0 Å². The van der Waals surface area contributed by atoms with E-state index in [1.807, 2.05) is 18.2 Å². The number of hydrogen-bond donors (Lipinski definition) is 0. The molecule has 0 radical (unpaired) electrons. The average Bonchev–Trinajstić information content (AvgIpc) is 2.05. The monoisotopic (exact) mass is 199 g/mol. The van der Waals surface area contributed by atoms with Crippen molar-refractivity contribution in [1.82, 2.24) is 0 Å². The molecule has 1 aromatic carbocycles. The van der Waals surface area contributed by atoms with E-state index >= 15 is 0 Å². The first-order valence-electron chi connectivity index (χ1n) is 3.73. The SMILES string of the molecule is Clc1ccc2c(c1)=CCC(Cl)N=2. The molecule has 12 heavy (non-hydrogen) atoms. The van der Waals surface area contributed by atoms with Crippen LogP contribution in [0, 0.1) is 0 Å². The van der Waals surface area contributed by atoms with Crippen molar-refractivity contribution in [2.24, 2.45) is 4.99 Å². The van der Waals surface area contributed by atoms with Crippen LogP contribution in [0.25, 0.3) is 6.08 Å². The Hall–Kier alpha value is -0.530. The zero-order valence-corrected chi connectivity index (χ0v) is 7.81. The lowest BCUT2D eigenvalue weighted by Crippen LogP contribution is -2.29. The summed E-state index contributed by atoms with van der Waals surface area (Å²) in [5.41, 5.74) is -0.112. The Morgan fingerprint density at radius 2 is 2.25 bits per heavy atom. The highest BCUT2D eigenvalue weighted by molar-refractivity contribution is 6.30. The van der Waals surface area contributed by atoms with Crippen LogP contribution >= 0.6 is 23.2 Å². The minimum Gasteiger partial charge on any atom is -0.265 e. The molecule has 0 N–H and O–H groups in total. The molecule has 0 bridgehead atoms. The maximum atomic E-state index is 5.85. The maximum absolute atomic E-state index is 5.85. The summed E-state index contributed by atoms with van der Waals surface area (Å²) in [4.78, 5) is 4.26. The Bertz CT molecular complexity index is 411. The van der Waals surface area contributed by atoms with E-state index in [2.05, 4.69) is 11.1 Å². The lowest BCUT2D eigenvalue weighted by Gasteiger charge is -2.04. The Labute approximate surface area is 80.3 Å². The van der Waals surface area contributed by atoms with Crippen LogP contribution in [0.1, 0.15) is 6.42 Å². The van der Waals surface area contributed by atoms with Gasteiger partial charge in [0.1, 0.15) is 5.50 Å². The van der Waals surface area contributed by atoms with Gasteiger partial charge in [-0.25, -0.2) is 0 Å². The van der Waals surface area contributed by atoms with E-state index < -0.39 is 0 Å². The van der Waals surface area contributed by atoms with Gasteiger partial charge in [0.2, 0.25) is 0 Å². The molecule has 0 amide bonds. The molecule has 0 fully saturated rings. The molecule has 3 heteroatoms. The zero-order valence-electron chi connectivity index (χ0n) is 6.30. The van der Waals surface area contributed by atoms with Crippen molar-refractivity contribution >= 4 is 29.3 Å². The van der Waals surface area contributed by atoms with Crippen LogP contribution in [0.4, 0.5) is 0 Å². The van der Waals surface area contributed by atoms with Crippen LogP contribution in [-0.2, 0) is 0 Å². The van der Waals surface area contributed by atoms with Gasteiger partial charge in [-0.05, 0) is 23.4 Å². The third-order valence-electron chi connectivity index (χ3n) is 1.80. The van der Waals surface area contributed by atoms with Crippen LogP contribution in [0.5, 0.6) is 0 Å². The van der Waals surface area contributed by atoms with Gasteiger partial charge >= 0.3 is 0 Å². The lowest BCUT2D eigenvalue weighted by molar-refractivity contribution is 0.885. The fourth-order valence-corrected chi connectivity index (χ4v) is 1.61. The highest BCUT2D eigenvalue weighted by Gasteiger charge is 2.03.